The monoisotopic (exact) mass is 454 g/mol. The molecular weight excluding hydrogens is 428 g/mol. The summed E-state index contributed by atoms with van der Waals surface area (Å²) in [5.41, 5.74) is 4.56. The van der Waals surface area contributed by atoms with Crippen LogP contribution in [0.25, 0.3) is 32.7 Å². The summed E-state index contributed by atoms with van der Waals surface area (Å²) in [5.74, 6) is 1.90. The van der Waals surface area contributed by atoms with Crippen LogP contribution in [0.2, 0.25) is 0 Å². The molecule has 150 valence electrons. The molecule has 2 bridgehead atoms. The van der Waals surface area contributed by atoms with Gasteiger partial charge in [-0.05, 0) is 90.7 Å². The number of halogens is 1. The molecule has 0 aromatic heterocycles. The van der Waals surface area contributed by atoms with Crippen molar-refractivity contribution >= 4 is 37.5 Å². The van der Waals surface area contributed by atoms with Crippen LogP contribution in [0.5, 0.6) is 0 Å². The molecule has 0 spiro atoms. The molecule has 2 aliphatic rings. The van der Waals surface area contributed by atoms with Crippen LogP contribution in [-0.2, 0) is 5.41 Å². The summed E-state index contributed by atoms with van der Waals surface area (Å²) < 4.78 is 1.19. The fourth-order valence-corrected chi connectivity index (χ4v) is 7.26. The second kappa shape index (κ2) is 6.95. The van der Waals surface area contributed by atoms with Crippen molar-refractivity contribution in [1.29, 1.82) is 0 Å². The standard InChI is InChI=1S/C29H27Br/c1-29(17-19-10-11-20(16-19)18-29)22-14-12-21(13-15-22)27-23-6-2-4-8-25(23)28(30)26-9-5-3-7-24(26)27/h2-9,12-15,19-20H,10-11,16-18H2,1H3/t19-,20+,29?. The summed E-state index contributed by atoms with van der Waals surface area (Å²) in [6, 6.07) is 27.1. The van der Waals surface area contributed by atoms with Crippen molar-refractivity contribution in [3.63, 3.8) is 0 Å². The van der Waals surface area contributed by atoms with Gasteiger partial charge in [-0.1, -0.05) is 92.6 Å². The van der Waals surface area contributed by atoms with Crippen molar-refractivity contribution in [2.24, 2.45) is 11.8 Å². The molecule has 0 aliphatic heterocycles. The minimum atomic E-state index is 0.354. The lowest BCUT2D eigenvalue weighted by atomic mass is 9.66. The first kappa shape index (κ1) is 18.6. The van der Waals surface area contributed by atoms with Gasteiger partial charge >= 0.3 is 0 Å². The molecule has 2 aliphatic carbocycles. The van der Waals surface area contributed by atoms with E-state index in [0.717, 1.165) is 11.8 Å². The van der Waals surface area contributed by atoms with Gasteiger partial charge in [0.2, 0.25) is 0 Å². The first-order valence-electron chi connectivity index (χ1n) is 11.3. The van der Waals surface area contributed by atoms with Gasteiger partial charge in [0.05, 0.1) is 0 Å². The Labute approximate surface area is 187 Å². The topological polar surface area (TPSA) is 0 Å². The average molecular weight is 455 g/mol. The highest BCUT2D eigenvalue weighted by Gasteiger charge is 2.41. The van der Waals surface area contributed by atoms with Gasteiger partial charge < -0.3 is 0 Å². The first-order chi connectivity index (χ1) is 14.6. The predicted octanol–water partition coefficient (Wildman–Crippen LogP) is 8.89. The van der Waals surface area contributed by atoms with Gasteiger partial charge in [-0.25, -0.2) is 0 Å². The average Bonchev–Trinajstić information content (AvgIpc) is 3.13. The van der Waals surface area contributed by atoms with Crippen molar-refractivity contribution in [3.05, 3.63) is 82.8 Å². The van der Waals surface area contributed by atoms with Crippen LogP contribution in [0.4, 0.5) is 0 Å². The van der Waals surface area contributed by atoms with E-state index in [1.54, 1.807) is 0 Å². The Kier molecular flexibility index (Phi) is 4.32. The van der Waals surface area contributed by atoms with Gasteiger partial charge in [0.1, 0.15) is 0 Å². The van der Waals surface area contributed by atoms with Crippen LogP contribution < -0.4 is 0 Å². The van der Waals surface area contributed by atoms with Gasteiger partial charge in [0, 0.05) is 4.47 Å². The number of benzene rings is 4. The van der Waals surface area contributed by atoms with E-state index in [2.05, 4.69) is 95.7 Å². The van der Waals surface area contributed by atoms with E-state index >= 15 is 0 Å². The molecule has 0 amide bonds. The first-order valence-corrected chi connectivity index (χ1v) is 12.1. The van der Waals surface area contributed by atoms with E-state index < -0.39 is 0 Å². The van der Waals surface area contributed by atoms with Gasteiger partial charge in [0.15, 0.2) is 0 Å². The molecule has 3 atom stereocenters. The smallest absolute Gasteiger partial charge is 0.0332 e. The van der Waals surface area contributed by atoms with Crippen LogP contribution in [0, 0.1) is 11.8 Å². The molecule has 0 N–H and O–H groups in total. The summed E-state index contributed by atoms with van der Waals surface area (Å²) in [6.45, 7) is 2.51. The van der Waals surface area contributed by atoms with E-state index in [4.69, 9.17) is 0 Å². The van der Waals surface area contributed by atoms with Crippen molar-refractivity contribution in [2.45, 2.75) is 44.4 Å². The highest BCUT2D eigenvalue weighted by molar-refractivity contribution is 9.10. The Morgan fingerprint density at radius 3 is 1.73 bits per heavy atom. The zero-order valence-electron chi connectivity index (χ0n) is 17.5. The number of fused-ring (bicyclic) bond motifs is 4. The van der Waals surface area contributed by atoms with E-state index in [9.17, 15) is 0 Å². The normalized spacial score (nSPS) is 25.8. The third kappa shape index (κ3) is 2.86. The van der Waals surface area contributed by atoms with Gasteiger partial charge in [-0.2, -0.15) is 0 Å². The molecule has 1 unspecified atom stereocenters. The summed E-state index contributed by atoms with van der Waals surface area (Å²) in [7, 11) is 0. The van der Waals surface area contributed by atoms with E-state index in [0.29, 0.717) is 5.41 Å². The van der Waals surface area contributed by atoms with Crippen LogP contribution in [-0.4, -0.2) is 0 Å². The maximum absolute atomic E-state index is 3.88. The molecule has 0 nitrogen and oxygen atoms in total. The van der Waals surface area contributed by atoms with E-state index in [1.807, 2.05) is 0 Å². The molecule has 4 aromatic carbocycles. The van der Waals surface area contributed by atoms with Gasteiger partial charge in [0.25, 0.3) is 0 Å². The maximum Gasteiger partial charge on any atom is 0.0332 e. The fourth-order valence-electron chi connectivity index (χ4n) is 6.57. The summed E-state index contributed by atoms with van der Waals surface area (Å²) >= 11 is 3.88. The molecule has 30 heavy (non-hydrogen) atoms. The molecule has 4 aromatic rings. The summed E-state index contributed by atoms with van der Waals surface area (Å²) in [5, 5.41) is 5.20. The lowest BCUT2D eigenvalue weighted by Crippen LogP contribution is -2.30. The summed E-state index contributed by atoms with van der Waals surface area (Å²) in [4.78, 5) is 0. The Hall–Kier alpha value is -2.12. The second-order valence-corrected chi connectivity index (χ2v) is 10.7. The highest BCUT2D eigenvalue weighted by Crippen LogP contribution is 2.52. The van der Waals surface area contributed by atoms with Crippen molar-refractivity contribution in [1.82, 2.24) is 0 Å². The minimum absolute atomic E-state index is 0.354. The predicted molar refractivity (Wildman–Crippen MR) is 132 cm³/mol. The Balaban J connectivity index is 1.50. The molecule has 6 rings (SSSR count). The highest BCUT2D eigenvalue weighted by atomic mass is 79.9. The third-order valence-electron chi connectivity index (χ3n) is 7.86. The van der Waals surface area contributed by atoms with Crippen LogP contribution in [0.15, 0.2) is 77.3 Å². The van der Waals surface area contributed by atoms with Crippen molar-refractivity contribution < 1.29 is 0 Å². The summed E-state index contributed by atoms with van der Waals surface area (Å²) in [6.07, 6.45) is 7.12. The number of hydrogen-bond donors (Lipinski definition) is 0. The fraction of sp³-hybridized carbons (Fsp3) is 0.310. The molecule has 0 saturated heterocycles. The Bertz CT molecular complexity index is 1180. The zero-order valence-corrected chi connectivity index (χ0v) is 19.1. The molecule has 1 heteroatoms. The van der Waals surface area contributed by atoms with E-state index in [-0.39, 0.29) is 0 Å². The SMILES string of the molecule is CC1(c2ccc(-c3c4ccccc4c(Br)c4ccccc34)cc2)C[C@@H]2CC[C@@H](C2)C1. The molecular formula is C29H27Br. The van der Waals surface area contributed by atoms with Crippen LogP contribution in [0.1, 0.15) is 44.6 Å². The lowest BCUT2D eigenvalue weighted by Gasteiger charge is -2.38. The molecule has 0 heterocycles. The van der Waals surface area contributed by atoms with Gasteiger partial charge in [-0.3, -0.25) is 0 Å². The van der Waals surface area contributed by atoms with E-state index in [1.165, 1.54) is 74.8 Å². The largest absolute Gasteiger partial charge is 0.0616 e. The van der Waals surface area contributed by atoms with Crippen LogP contribution in [0.3, 0.4) is 0 Å². The Morgan fingerprint density at radius 2 is 1.20 bits per heavy atom. The second-order valence-electron chi connectivity index (χ2n) is 9.87. The quantitative estimate of drug-likeness (QED) is 0.265. The number of rotatable bonds is 2. The van der Waals surface area contributed by atoms with Crippen LogP contribution >= 0.6 is 15.9 Å². The van der Waals surface area contributed by atoms with Crippen molar-refractivity contribution in [3.8, 4) is 11.1 Å². The molecule has 2 saturated carbocycles. The number of hydrogen-bond acceptors (Lipinski definition) is 0. The zero-order chi connectivity index (χ0) is 20.3. The molecule has 0 radical (unpaired) electrons. The minimum Gasteiger partial charge on any atom is -0.0616 e. The molecule has 2 fully saturated rings. The lowest BCUT2D eigenvalue weighted by molar-refractivity contribution is 0.232. The third-order valence-corrected chi connectivity index (χ3v) is 8.72. The van der Waals surface area contributed by atoms with Gasteiger partial charge in [-0.15, -0.1) is 0 Å². The maximum atomic E-state index is 3.88. The van der Waals surface area contributed by atoms with Crippen molar-refractivity contribution in [2.75, 3.05) is 0 Å². The Morgan fingerprint density at radius 1 is 0.700 bits per heavy atom.